The molecule has 0 amide bonds. The molecule has 2 nitrogen and oxygen atoms in total. The fraction of sp³-hybridized carbons (Fsp3) is 0.923. The number of carbonyl (C=O) groups is 1. The summed E-state index contributed by atoms with van der Waals surface area (Å²) in [7, 11) is 0. The van der Waals surface area contributed by atoms with Crippen molar-refractivity contribution in [3.8, 4) is 0 Å². The van der Waals surface area contributed by atoms with Crippen molar-refractivity contribution in [1.82, 2.24) is 4.90 Å². The molecule has 2 bridgehead atoms. The number of hydrogen-bond donors (Lipinski definition) is 0. The molecule has 2 unspecified atom stereocenters. The van der Waals surface area contributed by atoms with Gasteiger partial charge in [0.1, 0.15) is 0 Å². The Morgan fingerprint density at radius 2 is 1.87 bits per heavy atom. The predicted octanol–water partition coefficient (Wildman–Crippen LogP) is 2.19. The first kappa shape index (κ1) is 11.1. The van der Waals surface area contributed by atoms with Crippen LogP contribution in [0.15, 0.2) is 0 Å². The first-order valence-electron chi connectivity index (χ1n) is 6.23. The van der Waals surface area contributed by atoms with E-state index >= 15 is 0 Å². The predicted molar refractivity (Wildman–Crippen MR) is 61.7 cm³/mol. The summed E-state index contributed by atoms with van der Waals surface area (Å²) < 4.78 is 0. The molecule has 0 aromatic heterocycles. The van der Waals surface area contributed by atoms with Gasteiger partial charge in [-0.1, -0.05) is 27.7 Å². The minimum absolute atomic E-state index is 0.244. The molecule has 0 aromatic rings. The average molecular weight is 209 g/mol. The van der Waals surface area contributed by atoms with Gasteiger partial charge >= 0.3 is 0 Å². The largest absolute Gasteiger partial charge is 0.298 e. The molecule has 0 aliphatic carbocycles. The standard InChI is InChI=1S/C13H23NO/c1-9(2)13(10(3)4)8-14-6-5-11(13)12(15)7-14/h9-11H,5-8H2,1-4H3. The third-order valence-electron chi connectivity index (χ3n) is 4.80. The first-order valence-corrected chi connectivity index (χ1v) is 6.23. The van der Waals surface area contributed by atoms with E-state index in [2.05, 4.69) is 32.6 Å². The van der Waals surface area contributed by atoms with Crippen LogP contribution in [0.5, 0.6) is 0 Å². The SMILES string of the molecule is CC(C)C1(C(C)C)CN2CCC1C(=O)C2. The van der Waals surface area contributed by atoms with Crippen molar-refractivity contribution in [2.45, 2.75) is 34.1 Å². The summed E-state index contributed by atoms with van der Waals surface area (Å²) >= 11 is 0. The number of ketones is 1. The van der Waals surface area contributed by atoms with E-state index in [9.17, 15) is 4.79 Å². The first-order chi connectivity index (χ1) is 6.98. The van der Waals surface area contributed by atoms with Crippen LogP contribution in [0.2, 0.25) is 0 Å². The zero-order valence-corrected chi connectivity index (χ0v) is 10.4. The summed E-state index contributed by atoms with van der Waals surface area (Å²) in [4.78, 5) is 14.4. The van der Waals surface area contributed by atoms with Gasteiger partial charge < -0.3 is 0 Å². The Labute approximate surface area is 93.0 Å². The molecular formula is C13H23NO. The van der Waals surface area contributed by atoms with Crippen LogP contribution in [-0.4, -0.2) is 30.3 Å². The zero-order valence-electron chi connectivity index (χ0n) is 10.4. The smallest absolute Gasteiger partial charge is 0.150 e. The van der Waals surface area contributed by atoms with Gasteiger partial charge in [-0.3, -0.25) is 9.69 Å². The van der Waals surface area contributed by atoms with E-state index < -0.39 is 0 Å². The van der Waals surface area contributed by atoms with E-state index in [1.807, 2.05) is 0 Å². The quantitative estimate of drug-likeness (QED) is 0.695. The van der Waals surface area contributed by atoms with Gasteiger partial charge in [0.15, 0.2) is 5.78 Å². The lowest BCUT2D eigenvalue weighted by Crippen LogP contribution is -2.63. The van der Waals surface area contributed by atoms with Gasteiger partial charge in [0.25, 0.3) is 0 Å². The van der Waals surface area contributed by atoms with Crippen molar-refractivity contribution < 1.29 is 4.79 Å². The van der Waals surface area contributed by atoms with Crippen LogP contribution in [0.3, 0.4) is 0 Å². The van der Waals surface area contributed by atoms with Gasteiger partial charge in [0.05, 0.1) is 6.54 Å². The second-order valence-electron chi connectivity index (χ2n) is 5.94. The van der Waals surface area contributed by atoms with Crippen LogP contribution in [0.1, 0.15) is 34.1 Å². The van der Waals surface area contributed by atoms with Crippen molar-refractivity contribution in [2.24, 2.45) is 23.2 Å². The lowest BCUT2D eigenvalue weighted by Gasteiger charge is -2.56. The molecule has 3 fully saturated rings. The van der Waals surface area contributed by atoms with Crippen molar-refractivity contribution in [3.05, 3.63) is 0 Å². The molecule has 15 heavy (non-hydrogen) atoms. The molecule has 0 saturated carbocycles. The van der Waals surface area contributed by atoms with Crippen LogP contribution in [0.25, 0.3) is 0 Å². The van der Waals surface area contributed by atoms with E-state index in [4.69, 9.17) is 0 Å². The van der Waals surface area contributed by atoms with Gasteiger partial charge in [0, 0.05) is 12.5 Å². The molecule has 0 spiro atoms. The number of rotatable bonds is 2. The Hall–Kier alpha value is -0.370. The molecule has 3 aliphatic heterocycles. The number of hydrogen-bond acceptors (Lipinski definition) is 2. The molecule has 3 rings (SSSR count). The normalized spacial score (nSPS) is 34.1. The van der Waals surface area contributed by atoms with Crippen molar-refractivity contribution in [1.29, 1.82) is 0 Å². The van der Waals surface area contributed by atoms with Gasteiger partial charge in [0.2, 0.25) is 0 Å². The second-order valence-corrected chi connectivity index (χ2v) is 5.94. The molecule has 0 radical (unpaired) electrons. The second kappa shape index (κ2) is 3.58. The highest BCUT2D eigenvalue weighted by atomic mass is 16.1. The Balaban J connectivity index is 2.37. The number of fused-ring (bicyclic) bond motifs is 3. The molecule has 3 aliphatic rings. The van der Waals surface area contributed by atoms with E-state index in [0.717, 1.165) is 19.5 Å². The Morgan fingerprint density at radius 1 is 1.27 bits per heavy atom. The highest BCUT2D eigenvalue weighted by Crippen LogP contribution is 2.50. The van der Waals surface area contributed by atoms with Crippen molar-refractivity contribution in [2.75, 3.05) is 19.6 Å². The van der Waals surface area contributed by atoms with E-state index in [1.165, 1.54) is 0 Å². The molecule has 2 heteroatoms. The van der Waals surface area contributed by atoms with Gasteiger partial charge in [-0.25, -0.2) is 0 Å². The number of Topliss-reactive ketones (excluding diaryl/α,β-unsaturated/α-hetero) is 1. The molecule has 3 saturated heterocycles. The van der Waals surface area contributed by atoms with Crippen LogP contribution in [0.4, 0.5) is 0 Å². The molecule has 0 N–H and O–H groups in total. The molecule has 0 aromatic carbocycles. The van der Waals surface area contributed by atoms with Crippen LogP contribution in [-0.2, 0) is 4.79 Å². The lowest BCUT2D eigenvalue weighted by molar-refractivity contribution is -0.151. The minimum Gasteiger partial charge on any atom is -0.298 e. The molecular weight excluding hydrogens is 186 g/mol. The van der Waals surface area contributed by atoms with E-state index in [-0.39, 0.29) is 5.41 Å². The topological polar surface area (TPSA) is 20.3 Å². The summed E-state index contributed by atoms with van der Waals surface area (Å²) in [6.07, 6.45) is 1.09. The fourth-order valence-corrected chi connectivity index (χ4v) is 3.92. The third-order valence-corrected chi connectivity index (χ3v) is 4.80. The minimum atomic E-state index is 0.244. The lowest BCUT2D eigenvalue weighted by atomic mass is 9.55. The third kappa shape index (κ3) is 1.45. The maximum atomic E-state index is 12.0. The number of piperidine rings is 3. The van der Waals surface area contributed by atoms with Crippen molar-refractivity contribution >= 4 is 5.78 Å². The van der Waals surface area contributed by atoms with Crippen LogP contribution in [0, 0.1) is 23.2 Å². The number of carbonyl (C=O) groups excluding carboxylic acids is 1. The number of nitrogens with zero attached hydrogens (tertiary/aromatic N) is 1. The fourth-order valence-electron chi connectivity index (χ4n) is 3.92. The van der Waals surface area contributed by atoms with Gasteiger partial charge in [-0.2, -0.15) is 0 Å². The summed E-state index contributed by atoms with van der Waals surface area (Å²) in [5, 5.41) is 0. The zero-order chi connectivity index (χ0) is 11.2. The molecule has 3 heterocycles. The maximum Gasteiger partial charge on any atom is 0.150 e. The average Bonchev–Trinajstić information content (AvgIpc) is 2.16. The van der Waals surface area contributed by atoms with Crippen LogP contribution < -0.4 is 0 Å². The Morgan fingerprint density at radius 3 is 2.20 bits per heavy atom. The van der Waals surface area contributed by atoms with Gasteiger partial charge in [-0.05, 0) is 30.2 Å². The Kier molecular flexibility index (Phi) is 2.66. The highest BCUT2D eigenvalue weighted by Gasteiger charge is 2.53. The van der Waals surface area contributed by atoms with Crippen molar-refractivity contribution in [3.63, 3.8) is 0 Å². The molecule has 2 atom stereocenters. The summed E-state index contributed by atoms with van der Waals surface area (Å²) in [5.74, 6) is 2.04. The monoisotopic (exact) mass is 209 g/mol. The summed E-state index contributed by atoms with van der Waals surface area (Å²) in [6, 6.07) is 0. The van der Waals surface area contributed by atoms with E-state index in [1.54, 1.807) is 0 Å². The van der Waals surface area contributed by atoms with E-state index in [0.29, 0.717) is 30.1 Å². The van der Waals surface area contributed by atoms with Gasteiger partial charge in [-0.15, -0.1) is 0 Å². The Bertz CT molecular complexity index is 262. The molecule has 86 valence electrons. The maximum absolute atomic E-state index is 12.0. The highest BCUT2D eigenvalue weighted by molar-refractivity contribution is 5.85. The summed E-state index contributed by atoms with van der Waals surface area (Å²) in [6.45, 7) is 12.1. The summed E-state index contributed by atoms with van der Waals surface area (Å²) in [5.41, 5.74) is 0.244. The van der Waals surface area contributed by atoms with Crippen LogP contribution >= 0.6 is 0 Å².